The third-order valence-corrected chi connectivity index (χ3v) is 3.52. The Morgan fingerprint density at radius 3 is 2.24 bits per heavy atom. The van der Waals surface area contributed by atoms with Crippen LogP contribution in [0.1, 0.15) is 35.3 Å². The van der Waals surface area contributed by atoms with Crippen molar-refractivity contribution in [1.82, 2.24) is 5.32 Å². The second-order valence-electron chi connectivity index (χ2n) is 5.05. The monoisotopic (exact) mass is 280 g/mol. The normalized spacial score (nSPS) is 11.9. The largest absolute Gasteiger partial charge is 0.387 e. The number of hydrogen-bond donors (Lipinski definition) is 2. The van der Waals surface area contributed by atoms with Crippen molar-refractivity contribution >= 4 is 0 Å². The fourth-order valence-electron chi connectivity index (χ4n) is 2.14. The fraction of sp³-hybridized carbons (Fsp3) is 0.278. The third-order valence-electron chi connectivity index (χ3n) is 3.52. The maximum atomic E-state index is 10.1. The highest BCUT2D eigenvalue weighted by atomic mass is 16.3. The van der Waals surface area contributed by atoms with Gasteiger partial charge in [0.25, 0.3) is 0 Å². The summed E-state index contributed by atoms with van der Waals surface area (Å²) in [6.07, 6.45) is 0.484. The van der Waals surface area contributed by atoms with E-state index in [0.717, 1.165) is 18.5 Å². The smallest absolute Gasteiger partial charge is 0.0991 e. The van der Waals surface area contributed by atoms with Gasteiger partial charge < -0.3 is 10.4 Å². The molecule has 0 heterocycles. The third kappa shape index (κ3) is 4.42. The Kier molecular flexibility index (Phi) is 5.51. The van der Waals surface area contributed by atoms with Gasteiger partial charge in [-0.2, -0.15) is 5.26 Å². The van der Waals surface area contributed by atoms with E-state index in [4.69, 9.17) is 5.26 Å². The van der Waals surface area contributed by atoms with Gasteiger partial charge in [0, 0.05) is 13.1 Å². The molecule has 0 aliphatic heterocycles. The second-order valence-corrected chi connectivity index (χ2v) is 5.05. The summed E-state index contributed by atoms with van der Waals surface area (Å²) in [4.78, 5) is 0. The van der Waals surface area contributed by atoms with Crippen LogP contribution in [0.15, 0.2) is 48.5 Å². The minimum Gasteiger partial charge on any atom is -0.387 e. The van der Waals surface area contributed by atoms with Crippen LogP contribution in [0.25, 0.3) is 0 Å². The topological polar surface area (TPSA) is 56.0 Å². The molecule has 0 saturated carbocycles. The zero-order valence-corrected chi connectivity index (χ0v) is 12.2. The van der Waals surface area contributed by atoms with E-state index < -0.39 is 6.10 Å². The van der Waals surface area contributed by atoms with Crippen LogP contribution in [0.3, 0.4) is 0 Å². The first-order valence-electron chi connectivity index (χ1n) is 7.19. The van der Waals surface area contributed by atoms with E-state index >= 15 is 0 Å². The predicted octanol–water partition coefficient (Wildman–Crippen LogP) is 2.94. The number of aryl methyl sites for hydroxylation is 1. The predicted molar refractivity (Wildman–Crippen MR) is 83.6 cm³/mol. The van der Waals surface area contributed by atoms with Gasteiger partial charge in [0.2, 0.25) is 0 Å². The highest BCUT2D eigenvalue weighted by Gasteiger charge is 2.06. The lowest BCUT2D eigenvalue weighted by Crippen LogP contribution is -2.21. The maximum absolute atomic E-state index is 10.1. The van der Waals surface area contributed by atoms with Crippen molar-refractivity contribution in [3.63, 3.8) is 0 Å². The van der Waals surface area contributed by atoms with Gasteiger partial charge >= 0.3 is 0 Å². The Labute approximate surface area is 125 Å². The Hall–Kier alpha value is -2.15. The van der Waals surface area contributed by atoms with Gasteiger partial charge in [-0.25, -0.2) is 0 Å². The van der Waals surface area contributed by atoms with Gasteiger partial charge in [-0.15, -0.1) is 0 Å². The van der Waals surface area contributed by atoms with Crippen LogP contribution in [0.2, 0.25) is 0 Å². The van der Waals surface area contributed by atoms with Gasteiger partial charge in [-0.1, -0.05) is 43.3 Å². The Morgan fingerprint density at radius 2 is 1.67 bits per heavy atom. The fourth-order valence-corrected chi connectivity index (χ4v) is 2.14. The van der Waals surface area contributed by atoms with E-state index in [1.165, 1.54) is 11.1 Å². The summed E-state index contributed by atoms with van der Waals surface area (Å²) in [7, 11) is 0. The number of rotatable bonds is 6. The number of nitrogens with one attached hydrogen (secondary N) is 1. The van der Waals surface area contributed by atoms with E-state index in [9.17, 15) is 5.11 Å². The Balaban J connectivity index is 1.82. The van der Waals surface area contributed by atoms with Crippen LogP contribution in [0.4, 0.5) is 0 Å². The summed E-state index contributed by atoms with van der Waals surface area (Å²) in [5.74, 6) is 0. The molecule has 0 amide bonds. The molecule has 3 heteroatoms. The standard InChI is InChI=1S/C18H20N2O/c1-2-14-3-5-16(6-4-14)12-20-13-18(21)17-9-7-15(11-19)8-10-17/h3-10,18,20-21H,2,12-13H2,1H3. The van der Waals surface area contributed by atoms with Crippen LogP contribution in [0.5, 0.6) is 0 Å². The highest BCUT2D eigenvalue weighted by molar-refractivity contribution is 5.32. The summed E-state index contributed by atoms with van der Waals surface area (Å²) < 4.78 is 0. The van der Waals surface area contributed by atoms with E-state index in [2.05, 4.69) is 42.6 Å². The van der Waals surface area contributed by atoms with Crippen molar-refractivity contribution in [1.29, 1.82) is 5.26 Å². The zero-order chi connectivity index (χ0) is 15.1. The van der Waals surface area contributed by atoms with Crippen LogP contribution in [-0.4, -0.2) is 11.7 Å². The molecule has 2 rings (SSSR count). The summed E-state index contributed by atoms with van der Waals surface area (Å²) in [6.45, 7) is 3.36. The lowest BCUT2D eigenvalue weighted by molar-refractivity contribution is 0.174. The summed E-state index contributed by atoms with van der Waals surface area (Å²) >= 11 is 0. The van der Waals surface area contributed by atoms with Crippen LogP contribution in [0, 0.1) is 11.3 Å². The number of aliphatic hydroxyl groups is 1. The van der Waals surface area contributed by atoms with Gasteiger partial charge in [0.1, 0.15) is 0 Å². The van der Waals surface area contributed by atoms with Gasteiger partial charge in [-0.3, -0.25) is 0 Å². The molecule has 1 atom stereocenters. The average molecular weight is 280 g/mol. The second kappa shape index (κ2) is 7.58. The molecule has 0 saturated heterocycles. The van der Waals surface area contributed by atoms with E-state index in [0.29, 0.717) is 12.1 Å². The van der Waals surface area contributed by atoms with Crippen molar-refractivity contribution in [2.45, 2.75) is 26.0 Å². The van der Waals surface area contributed by atoms with E-state index in [1.54, 1.807) is 24.3 Å². The summed E-state index contributed by atoms with van der Waals surface area (Å²) in [5.41, 5.74) is 3.97. The summed E-state index contributed by atoms with van der Waals surface area (Å²) in [5, 5.41) is 22.1. The molecule has 0 aromatic heterocycles. The molecular formula is C18H20N2O. The molecule has 0 radical (unpaired) electrons. The van der Waals surface area contributed by atoms with E-state index in [-0.39, 0.29) is 0 Å². The number of nitriles is 1. The van der Waals surface area contributed by atoms with Crippen molar-refractivity contribution < 1.29 is 5.11 Å². The van der Waals surface area contributed by atoms with Crippen LogP contribution >= 0.6 is 0 Å². The molecule has 0 aliphatic rings. The average Bonchev–Trinajstić information content (AvgIpc) is 2.55. The molecule has 2 aromatic rings. The number of nitrogens with zero attached hydrogens (tertiary/aromatic N) is 1. The van der Waals surface area contributed by atoms with E-state index in [1.807, 2.05) is 0 Å². The first-order chi connectivity index (χ1) is 10.2. The van der Waals surface area contributed by atoms with Crippen molar-refractivity contribution in [3.05, 3.63) is 70.8 Å². The molecule has 21 heavy (non-hydrogen) atoms. The summed E-state index contributed by atoms with van der Waals surface area (Å²) in [6, 6.07) is 17.6. The Morgan fingerprint density at radius 1 is 1.05 bits per heavy atom. The first kappa shape index (κ1) is 15.2. The molecule has 108 valence electrons. The lowest BCUT2D eigenvalue weighted by Gasteiger charge is -2.12. The maximum Gasteiger partial charge on any atom is 0.0991 e. The molecule has 2 aromatic carbocycles. The highest BCUT2D eigenvalue weighted by Crippen LogP contribution is 2.13. The van der Waals surface area contributed by atoms with Crippen molar-refractivity contribution in [2.24, 2.45) is 0 Å². The zero-order valence-electron chi connectivity index (χ0n) is 12.2. The van der Waals surface area contributed by atoms with Gasteiger partial charge in [-0.05, 0) is 35.2 Å². The first-order valence-corrected chi connectivity index (χ1v) is 7.19. The van der Waals surface area contributed by atoms with Gasteiger partial charge in [0.15, 0.2) is 0 Å². The number of hydrogen-bond acceptors (Lipinski definition) is 3. The molecule has 0 fully saturated rings. The molecule has 1 unspecified atom stereocenters. The number of aliphatic hydroxyl groups excluding tert-OH is 1. The van der Waals surface area contributed by atoms with Crippen molar-refractivity contribution in [2.75, 3.05) is 6.54 Å². The molecule has 2 N–H and O–H groups in total. The molecule has 0 aliphatic carbocycles. The van der Waals surface area contributed by atoms with Crippen LogP contribution in [-0.2, 0) is 13.0 Å². The van der Waals surface area contributed by atoms with Crippen molar-refractivity contribution in [3.8, 4) is 6.07 Å². The minimum atomic E-state index is -0.562. The molecule has 0 spiro atoms. The molecule has 3 nitrogen and oxygen atoms in total. The SMILES string of the molecule is CCc1ccc(CNCC(O)c2ccc(C#N)cc2)cc1. The van der Waals surface area contributed by atoms with Gasteiger partial charge in [0.05, 0.1) is 17.7 Å². The number of benzene rings is 2. The lowest BCUT2D eigenvalue weighted by atomic mass is 10.1. The van der Waals surface area contributed by atoms with Crippen LogP contribution < -0.4 is 5.32 Å². The Bertz CT molecular complexity index is 597. The molecular weight excluding hydrogens is 260 g/mol. The minimum absolute atomic E-state index is 0.488. The molecule has 0 bridgehead atoms. The quantitative estimate of drug-likeness (QED) is 0.855.